The summed E-state index contributed by atoms with van der Waals surface area (Å²) in [7, 11) is -3.42. The van der Waals surface area contributed by atoms with Gasteiger partial charge < -0.3 is 5.73 Å². The van der Waals surface area contributed by atoms with Gasteiger partial charge in [-0.15, -0.1) is 0 Å². The van der Waals surface area contributed by atoms with E-state index in [2.05, 4.69) is 0 Å². The van der Waals surface area contributed by atoms with Crippen molar-refractivity contribution in [1.29, 1.82) is 0 Å². The zero-order valence-corrected chi connectivity index (χ0v) is 11.7. The second-order valence-corrected chi connectivity index (χ2v) is 7.97. The summed E-state index contributed by atoms with van der Waals surface area (Å²) >= 11 is 0. The number of halogens is 3. The van der Waals surface area contributed by atoms with Gasteiger partial charge in [0.05, 0.1) is 17.0 Å². The van der Waals surface area contributed by atoms with Gasteiger partial charge in [-0.3, -0.25) is 4.90 Å². The minimum absolute atomic E-state index is 0.0270. The molecule has 0 fully saturated rings. The molecule has 2 N–H and O–H groups in total. The van der Waals surface area contributed by atoms with E-state index in [1.54, 1.807) is 0 Å². The van der Waals surface area contributed by atoms with Gasteiger partial charge >= 0.3 is 6.18 Å². The molecule has 18 heavy (non-hydrogen) atoms. The fourth-order valence-electron chi connectivity index (χ4n) is 1.26. The molecule has 0 aromatic heterocycles. The van der Waals surface area contributed by atoms with Gasteiger partial charge in [-0.2, -0.15) is 13.2 Å². The smallest absolute Gasteiger partial charge is 0.329 e. The molecule has 0 aromatic carbocycles. The van der Waals surface area contributed by atoms with Crippen molar-refractivity contribution in [3.8, 4) is 0 Å². The van der Waals surface area contributed by atoms with Gasteiger partial charge in [0.2, 0.25) is 0 Å². The first-order valence-corrected chi connectivity index (χ1v) is 7.26. The third-order valence-electron chi connectivity index (χ3n) is 2.46. The van der Waals surface area contributed by atoms with Gasteiger partial charge in [0.25, 0.3) is 0 Å². The SMILES string of the molecule is CC(C)(C)S(=O)(=O)CCN(CCN)CC(F)(F)F. The monoisotopic (exact) mass is 290 g/mol. The summed E-state index contributed by atoms with van der Waals surface area (Å²) in [6, 6.07) is 0. The molecule has 0 saturated heterocycles. The number of nitrogens with zero attached hydrogens (tertiary/aromatic N) is 1. The van der Waals surface area contributed by atoms with E-state index in [0.717, 1.165) is 4.90 Å². The molecule has 0 unspecified atom stereocenters. The Bertz CT molecular complexity index is 347. The Morgan fingerprint density at radius 1 is 1.11 bits per heavy atom. The number of alkyl halides is 3. The molecule has 110 valence electrons. The molecule has 0 aliphatic carbocycles. The molecule has 0 aromatic rings. The van der Waals surface area contributed by atoms with Crippen LogP contribution in [0.25, 0.3) is 0 Å². The van der Waals surface area contributed by atoms with Gasteiger partial charge in [-0.25, -0.2) is 8.42 Å². The third kappa shape index (κ3) is 6.55. The lowest BCUT2D eigenvalue weighted by molar-refractivity contribution is -0.145. The normalized spacial score (nSPS) is 14.2. The van der Waals surface area contributed by atoms with Crippen molar-refractivity contribution in [3.05, 3.63) is 0 Å². The van der Waals surface area contributed by atoms with Crippen LogP contribution in [0.15, 0.2) is 0 Å². The molecule has 0 aliphatic rings. The zero-order chi connectivity index (χ0) is 14.6. The lowest BCUT2D eigenvalue weighted by Crippen LogP contribution is -2.42. The molecule has 0 amide bonds. The van der Waals surface area contributed by atoms with Crippen molar-refractivity contribution in [3.63, 3.8) is 0 Å². The molecular formula is C10H21F3N2O2S. The predicted octanol–water partition coefficient (Wildman–Crippen LogP) is 1.02. The molecule has 0 bridgehead atoms. The number of hydrogen-bond donors (Lipinski definition) is 1. The Morgan fingerprint density at radius 2 is 1.61 bits per heavy atom. The van der Waals surface area contributed by atoms with E-state index in [0.29, 0.717) is 0 Å². The van der Waals surface area contributed by atoms with Crippen LogP contribution in [0, 0.1) is 0 Å². The van der Waals surface area contributed by atoms with Crippen molar-refractivity contribution in [1.82, 2.24) is 4.90 Å². The van der Waals surface area contributed by atoms with Crippen LogP contribution >= 0.6 is 0 Å². The fraction of sp³-hybridized carbons (Fsp3) is 1.00. The van der Waals surface area contributed by atoms with Crippen LogP contribution in [0.1, 0.15) is 20.8 Å². The first-order valence-electron chi connectivity index (χ1n) is 5.60. The average Bonchev–Trinajstić information content (AvgIpc) is 2.10. The van der Waals surface area contributed by atoms with Crippen LogP contribution in [0.4, 0.5) is 13.2 Å². The van der Waals surface area contributed by atoms with Crippen molar-refractivity contribution in [2.45, 2.75) is 31.7 Å². The summed E-state index contributed by atoms with van der Waals surface area (Å²) in [5.74, 6) is -0.299. The highest BCUT2D eigenvalue weighted by molar-refractivity contribution is 7.92. The van der Waals surface area contributed by atoms with E-state index < -0.39 is 27.3 Å². The highest BCUT2D eigenvalue weighted by Crippen LogP contribution is 2.18. The van der Waals surface area contributed by atoms with E-state index in [-0.39, 0.29) is 25.4 Å². The minimum atomic E-state index is -4.35. The molecule has 0 radical (unpaired) electrons. The summed E-state index contributed by atoms with van der Waals surface area (Å²) in [6.45, 7) is 3.38. The molecule has 0 atom stereocenters. The highest BCUT2D eigenvalue weighted by Gasteiger charge is 2.33. The van der Waals surface area contributed by atoms with Crippen LogP contribution in [-0.2, 0) is 9.84 Å². The minimum Gasteiger partial charge on any atom is -0.329 e. The van der Waals surface area contributed by atoms with Gasteiger partial charge in [0.15, 0.2) is 9.84 Å². The molecule has 0 aliphatic heterocycles. The Hall–Kier alpha value is -0.340. The van der Waals surface area contributed by atoms with Gasteiger partial charge in [-0.1, -0.05) is 0 Å². The summed E-state index contributed by atoms with van der Waals surface area (Å²) in [4.78, 5) is 1.02. The predicted molar refractivity (Wildman–Crippen MR) is 65.1 cm³/mol. The van der Waals surface area contributed by atoms with Crippen molar-refractivity contribution < 1.29 is 21.6 Å². The summed E-state index contributed by atoms with van der Waals surface area (Å²) < 4.78 is 59.4. The summed E-state index contributed by atoms with van der Waals surface area (Å²) in [6.07, 6.45) is -4.35. The number of sulfone groups is 1. The van der Waals surface area contributed by atoms with Gasteiger partial charge in [-0.05, 0) is 20.8 Å². The molecule has 0 spiro atoms. The number of nitrogens with two attached hydrogens (primary N) is 1. The van der Waals surface area contributed by atoms with Crippen LogP contribution in [0.3, 0.4) is 0 Å². The van der Waals surface area contributed by atoms with E-state index in [1.807, 2.05) is 0 Å². The lowest BCUT2D eigenvalue weighted by Gasteiger charge is -2.25. The largest absolute Gasteiger partial charge is 0.401 e. The van der Waals surface area contributed by atoms with Crippen molar-refractivity contribution in [2.75, 3.05) is 31.9 Å². The zero-order valence-electron chi connectivity index (χ0n) is 10.9. The summed E-state index contributed by atoms with van der Waals surface area (Å²) in [5.41, 5.74) is 5.21. The van der Waals surface area contributed by atoms with Crippen LogP contribution in [-0.4, -0.2) is 56.2 Å². The molecule has 0 rings (SSSR count). The van der Waals surface area contributed by atoms with Crippen LogP contribution in [0.2, 0.25) is 0 Å². The second-order valence-electron chi connectivity index (χ2n) is 5.11. The maximum atomic E-state index is 12.3. The van der Waals surface area contributed by atoms with E-state index >= 15 is 0 Å². The van der Waals surface area contributed by atoms with Gasteiger partial charge in [0.1, 0.15) is 0 Å². The number of hydrogen-bond acceptors (Lipinski definition) is 4. The Labute approximate surface area is 106 Å². The second kappa shape index (κ2) is 6.21. The topological polar surface area (TPSA) is 63.4 Å². The first kappa shape index (κ1) is 17.7. The van der Waals surface area contributed by atoms with Gasteiger partial charge in [0, 0.05) is 19.6 Å². The molecule has 4 nitrogen and oxygen atoms in total. The highest BCUT2D eigenvalue weighted by atomic mass is 32.2. The summed E-state index contributed by atoms with van der Waals surface area (Å²) in [5, 5.41) is 0. The first-order chi connectivity index (χ1) is 7.89. The Kier molecular flexibility index (Phi) is 6.09. The maximum absolute atomic E-state index is 12.3. The van der Waals surface area contributed by atoms with E-state index in [1.165, 1.54) is 20.8 Å². The average molecular weight is 290 g/mol. The number of rotatable bonds is 6. The standard InChI is InChI=1S/C10H21F3N2O2S/c1-9(2,3)18(16,17)7-6-15(5-4-14)8-10(11,12)13/h4-8,14H2,1-3H3. The third-order valence-corrected chi connectivity index (χ3v) is 5.04. The maximum Gasteiger partial charge on any atom is 0.401 e. The van der Waals surface area contributed by atoms with Crippen molar-refractivity contribution >= 4 is 9.84 Å². The van der Waals surface area contributed by atoms with Crippen LogP contribution in [0.5, 0.6) is 0 Å². The molecule has 8 heteroatoms. The molecular weight excluding hydrogens is 269 g/mol. The fourth-order valence-corrected chi connectivity index (χ4v) is 2.37. The lowest BCUT2D eigenvalue weighted by atomic mass is 10.3. The molecule has 0 heterocycles. The quantitative estimate of drug-likeness (QED) is 0.793. The van der Waals surface area contributed by atoms with Crippen molar-refractivity contribution in [2.24, 2.45) is 5.73 Å². The van der Waals surface area contributed by atoms with Crippen LogP contribution < -0.4 is 5.73 Å². The van der Waals surface area contributed by atoms with E-state index in [9.17, 15) is 21.6 Å². The van der Waals surface area contributed by atoms with E-state index in [4.69, 9.17) is 5.73 Å². The Balaban J connectivity index is 4.55. The Morgan fingerprint density at radius 3 is 1.94 bits per heavy atom. The molecule has 0 saturated carbocycles.